The molecule has 116 valence electrons. The van der Waals surface area contributed by atoms with Crippen LogP contribution < -0.4 is 10.6 Å². The van der Waals surface area contributed by atoms with E-state index in [1.54, 1.807) is 13.2 Å². The topological polar surface area (TPSA) is 76.1 Å². The molecule has 1 heterocycles. The van der Waals surface area contributed by atoms with Crippen molar-refractivity contribution in [3.05, 3.63) is 47.7 Å². The number of hydrogen-bond donors (Lipinski definition) is 2. The highest BCUT2D eigenvalue weighted by Gasteiger charge is 2.10. The number of halogens is 2. The Labute approximate surface area is 125 Å². The molecule has 6 nitrogen and oxygen atoms in total. The lowest BCUT2D eigenvalue weighted by Crippen LogP contribution is -2.15. The molecule has 0 spiro atoms. The lowest BCUT2D eigenvalue weighted by Gasteiger charge is -2.06. The molecule has 1 amide bonds. The van der Waals surface area contributed by atoms with Gasteiger partial charge in [0, 0.05) is 25.4 Å². The first-order chi connectivity index (χ1) is 10.6. The van der Waals surface area contributed by atoms with Gasteiger partial charge in [-0.05, 0) is 24.3 Å². The van der Waals surface area contributed by atoms with Crippen molar-refractivity contribution in [3.63, 3.8) is 0 Å². The Bertz CT molecular complexity index is 650. The molecule has 1 aromatic carbocycles. The molecule has 0 bridgehead atoms. The fraction of sp³-hybridized carbons (Fsp3) is 0.214. The molecule has 0 aliphatic carbocycles. The first-order valence-corrected chi connectivity index (χ1v) is 6.43. The molecule has 0 radical (unpaired) electrons. The zero-order valence-electron chi connectivity index (χ0n) is 11.8. The number of carbonyl (C=O) groups excluding carboxylic acids is 1. The summed E-state index contributed by atoms with van der Waals surface area (Å²) in [5.41, 5.74) is 0.190. The number of anilines is 2. The average Bonchev–Trinajstić information content (AvgIpc) is 2.52. The summed E-state index contributed by atoms with van der Waals surface area (Å²) in [4.78, 5) is 11.9. The number of carbonyl (C=O) groups is 1. The number of nitrogens with zero attached hydrogens (tertiary/aromatic N) is 2. The van der Waals surface area contributed by atoms with Gasteiger partial charge < -0.3 is 15.4 Å². The van der Waals surface area contributed by atoms with E-state index in [0.717, 1.165) is 12.1 Å². The quantitative estimate of drug-likeness (QED) is 0.799. The van der Waals surface area contributed by atoms with Gasteiger partial charge in [0.05, 0.1) is 6.61 Å². The molecule has 0 aliphatic rings. The van der Waals surface area contributed by atoms with Crippen LogP contribution in [-0.4, -0.2) is 36.4 Å². The van der Waals surface area contributed by atoms with E-state index in [9.17, 15) is 13.6 Å². The molecule has 2 rings (SSSR count). The fourth-order valence-electron chi connectivity index (χ4n) is 1.60. The fourth-order valence-corrected chi connectivity index (χ4v) is 1.60. The number of benzene rings is 1. The van der Waals surface area contributed by atoms with E-state index in [1.807, 2.05) is 0 Å². The molecule has 1 aromatic heterocycles. The van der Waals surface area contributed by atoms with E-state index in [4.69, 9.17) is 4.74 Å². The molecule has 0 atom stereocenters. The molecule has 0 saturated carbocycles. The Balaban J connectivity index is 1.98. The molecule has 2 aromatic rings. The molecular formula is C14H14F2N4O2. The Kier molecular flexibility index (Phi) is 5.31. The van der Waals surface area contributed by atoms with Crippen LogP contribution in [0.15, 0.2) is 30.3 Å². The number of rotatable bonds is 6. The maximum Gasteiger partial charge on any atom is 0.276 e. The van der Waals surface area contributed by atoms with Crippen molar-refractivity contribution in [3.8, 4) is 0 Å². The normalized spacial score (nSPS) is 10.3. The van der Waals surface area contributed by atoms with Gasteiger partial charge >= 0.3 is 0 Å². The maximum atomic E-state index is 13.1. The highest BCUT2D eigenvalue weighted by molar-refractivity contribution is 6.02. The minimum absolute atomic E-state index is 0.0574. The third-order valence-corrected chi connectivity index (χ3v) is 2.69. The minimum atomic E-state index is -1.04. The molecule has 22 heavy (non-hydrogen) atoms. The second-order valence-electron chi connectivity index (χ2n) is 4.31. The summed E-state index contributed by atoms with van der Waals surface area (Å²) in [6, 6.07) is 6.13. The third kappa shape index (κ3) is 4.19. The van der Waals surface area contributed by atoms with E-state index >= 15 is 0 Å². The van der Waals surface area contributed by atoms with E-state index in [2.05, 4.69) is 20.8 Å². The highest BCUT2D eigenvalue weighted by Crippen LogP contribution is 2.14. The molecule has 0 unspecified atom stereocenters. The Morgan fingerprint density at radius 3 is 2.64 bits per heavy atom. The largest absolute Gasteiger partial charge is 0.383 e. The van der Waals surface area contributed by atoms with Crippen molar-refractivity contribution in [1.29, 1.82) is 0 Å². The van der Waals surface area contributed by atoms with Crippen molar-refractivity contribution in [2.45, 2.75) is 0 Å². The number of methoxy groups -OCH3 is 1. The van der Waals surface area contributed by atoms with Crippen LogP contribution in [0.5, 0.6) is 0 Å². The van der Waals surface area contributed by atoms with Crippen LogP contribution in [0.1, 0.15) is 10.5 Å². The van der Waals surface area contributed by atoms with Gasteiger partial charge in [0.25, 0.3) is 5.91 Å². The van der Waals surface area contributed by atoms with Crippen LogP contribution in [0.2, 0.25) is 0 Å². The second kappa shape index (κ2) is 7.41. The second-order valence-corrected chi connectivity index (χ2v) is 4.31. The number of ether oxygens (including phenoxy) is 1. The molecule has 8 heteroatoms. The smallest absolute Gasteiger partial charge is 0.276 e. The predicted octanol–water partition coefficient (Wildman–Crippen LogP) is 2.07. The standard InChI is InChI=1S/C14H14F2N4O2/c1-22-7-6-17-13-5-4-12(19-20-13)14(21)18-9-2-3-10(15)11(16)8-9/h2-5,8H,6-7H2,1H3,(H,17,20)(H,18,21). The molecular weight excluding hydrogens is 294 g/mol. The predicted molar refractivity (Wildman–Crippen MR) is 76.7 cm³/mol. The van der Waals surface area contributed by atoms with E-state index < -0.39 is 17.5 Å². The van der Waals surface area contributed by atoms with E-state index in [0.29, 0.717) is 19.0 Å². The van der Waals surface area contributed by atoms with Crippen molar-refractivity contribution >= 4 is 17.4 Å². The monoisotopic (exact) mass is 308 g/mol. The van der Waals surface area contributed by atoms with Gasteiger partial charge in [-0.25, -0.2) is 8.78 Å². The summed E-state index contributed by atoms with van der Waals surface area (Å²) in [6.45, 7) is 1.08. The van der Waals surface area contributed by atoms with Crippen molar-refractivity contribution in [1.82, 2.24) is 10.2 Å². The molecule has 2 N–H and O–H groups in total. The number of aromatic nitrogens is 2. The van der Waals surface area contributed by atoms with Gasteiger partial charge in [-0.2, -0.15) is 0 Å². The lowest BCUT2D eigenvalue weighted by atomic mass is 10.3. The zero-order chi connectivity index (χ0) is 15.9. The summed E-state index contributed by atoms with van der Waals surface area (Å²) in [5.74, 6) is -2.09. The van der Waals surface area contributed by atoms with Gasteiger partial charge in [0.15, 0.2) is 17.3 Å². The Morgan fingerprint density at radius 2 is 2.00 bits per heavy atom. The molecule has 0 fully saturated rings. The lowest BCUT2D eigenvalue weighted by molar-refractivity contribution is 0.102. The van der Waals surface area contributed by atoms with Crippen molar-refractivity contribution in [2.24, 2.45) is 0 Å². The minimum Gasteiger partial charge on any atom is -0.383 e. The van der Waals surface area contributed by atoms with Crippen LogP contribution in [0.4, 0.5) is 20.3 Å². The third-order valence-electron chi connectivity index (χ3n) is 2.69. The molecule has 0 aliphatic heterocycles. The van der Waals surface area contributed by atoms with Crippen molar-refractivity contribution < 1.29 is 18.3 Å². The number of nitrogens with one attached hydrogen (secondary N) is 2. The van der Waals surface area contributed by atoms with Gasteiger partial charge in [-0.1, -0.05) is 0 Å². The average molecular weight is 308 g/mol. The number of amides is 1. The van der Waals surface area contributed by atoms with Crippen LogP contribution in [0.3, 0.4) is 0 Å². The Hall–Kier alpha value is -2.61. The van der Waals surface area contributed by atoms with Crippen LogP contribution in [0.25, 0.3) is 0 Å². The first kappa shape index (κ1) is 15.8. The Morgan fingerprint density at radius 1 is 1.18 bits per heavy atom. The van der Waals surface area contributed by atoms with Gasteiger partial charge in [0.2, 0.25) is 0 Å². The van der Waals surface area contributed by atoms with Gasteiger partial charge in [0.1, 0.15) is 5.82 Å². The van der Waals surface area contributed by atoms with E-state index in [-0.39, 0.29) is 11.4 Å². The SMILES string of the molecule is COCCNc1ccc(C(=O)Nc2ccc(F)c(F)c2)nn1. The first-order valence-electron chi connectivity index (χ1n) is 6.43. The summed E-state index contributed by atoms with van der Waals surface area (Å²) in [5, 5.41) is 13.0. The summed E-state index contributed by atoms with van der Waals surface area (Å²) >= 11 is 0. The number of hydrogen-bond acceptors (Lipinski definition) is 5. The summed E-state index contributed by atoms with van der Waals surface area (Å²) in [6.07, 6.45) is 0. The highest BCUT2D eigenvalue weighted by atomic mass is 19.2. The van der Waals surface area contributed by atoms with Crippen LogP contribution in [0, 0.1) is 11.6 Å². The van der Waals surface area contributed by atoms with Crippen LogP contribution in [-0.2, 0) is 4.74 Å². The summed E-state index contributed by atoms with van der Waals surface area (Å²) in [7, 11) is 1.58. The zero-order valence-corrected chi connectivity index (χ0v) is 11.8. The van der Waals surface area contributed by atoms with Gasteiger partial charge in [-0.3, -0.25) is 4.79 Å². The van der Waals surface area contributed by atoms with Crippen LogP contribution >= 0.6 is 0 Å². The van der Waals surface area contributed by atoms with E-state index in [1.165, 1.54) is 12.1 Å². The van der Waals surface area contributed by atoms with Crippen molar-refractivity contribution in [2.75, 3.05) is 30.9 Å². The molecule has 0 saturated heterocycles. The van der Waals surface area contributed by atoms with Gasteiger partial charge in [-0.15, -0.1) is 10.2 Å². The maximum absolute atomic E-state index is 13.1. The summed E-state index contributed by atoms with van der Waals surface area (Å²) < 4.78 is 30.7.